The zero-order valence-electron chi connectivity index (χ0n) is 9.69. The average Bonchev–Trinajstić information content (AvgIpc) is 2.28. The zero-order chi connectivity index (χ0) is 11.1. The predicted octanol–water partition coefficient (Wildman–Crippen LogP) is 1.25. The molecule has 3 rings (SSSR count). The van der Waals surface area contributed by atoms with Crippen molar-refractivity contribution in [2.75, 3.05) is 27.6 Å². The molecule has 0 aromatic heterocycles. The van der Waals surface area contributed by atoms with Gasteiger partial charge in [-0.15, -0.1) is 0 Å². The first-order valence-electron chi connectivity index (χ1n) is 5.51. The topological polar surface area (TPSA) is 24.9 Å². The van der Waals surface area contributed by atoms with Gasteiger partial charge in [-0.2, -0.15) is 0 Å². The molecule has 0 atom stereocenters. The zero-order valence-corrected chi connectivity index (χ0v) is 9.69. The minimum absolute atomic E-state index is 0.642. The maximum absolute atomic E-state index is 5.75. The smallest absolute Gasteiger partial charge is 0.168 e. The number of benzene rings is 1. The minimum atomic E-state index is 0.642. The van der Waals surface area contributed by atoms with Gasteiger partial charge in [0.15, 0.2) is 11.5 Å². The van der Waals surface area contributed by atoms with Crippen LogP contribution >= 0.6 is 0 Å². The van der Waals surface area contributed by atoms with Crippen LogP contribution in [0.5, 0.6) is 11.5 Å². The number of hydrogen-bond donors (Lipinski definition) is 0. The van der Waals surface area contributed by atoms with Gasteiger partial charge in [-0.1, -0.05) is 12.1 Å². The van der Waals surface area contributed by atoms with Crippen LogP contribution in [0.4, 0.5) is 0 Å². The van der Waals surface area contributed by atoms with Crippen molar-refractivity contribution in [1.82, 2.24) is 9.80 Å². The summed E-state index contributed by atoms with van der Waals surface area (Å²) in [5.41, 5.74) is 2.44. The quantitative estimate of drug-likeness (QED) is 0.657. The molecule has 0 spiro atoms. The van der Waals surface area contributed by atoms with Gasteiger partial charge in [-0.25, -0.2) is 0 Å². The lowest BCUT2D eigenvalue weighted by molar-refractivity contribution is 0.0905. The molecule has 4 heteroatoms. The molecule has 2 aliphatic rings. The second-order valence-corrected chi connectivity index (χ2v) is 4.62. The van der Waals surface area contributed by atoms with E-state index in [0.29, 0.717) is 13.5 Å². The molecule has 0 saturated heterocycles. The fraction of sp³-hybridized carbons (Fsp3) is 0.500. The van der Waals surface area contributed by atoms with Crippen molar-refractivity contribution < 1.29 is 9.47 Å². The standard InChI is InChI=1S/C12H16N2O2/c1-13-5-9-3-4-10-6-14(2)8-16-12(10)11(9)15-7-13/h3-4H,5-8H2,1-2H3. The lowest BCUT2D eigenvalue weighted by Gasteiger charge is -2.32. The first kappa shape index (κ1) is 9.93. The van der Waals surface area contributed by atoms with Gasteiger partial charge >= 0.3 is 0 Å². The molecule has 0 unspecified atom stereocenters. The van der Waals surface area contributed by atoms with E-state index < -0.39 is 0 Å². The van der Waals surface area contributed by atoms with Crippen molar-refractivity contribution >= 4 is 0 Å². The second kappa shape index (κ2) is 3.64. The third kappa shape index (κ3) is 1.54. The van der Waals surface area contributed by atoms with Crippen LogP contribution in [0.1, 0.15) is 11.1 Å². The summed E-state index contributed by atoms with van der Waals surface area (Å²) >= 11 is 0. The van der Waals surface area contributed by atoms with Gasteiger partial charge < -0.3 is 9.47 Å². The van der Waals surface area contributed by atoms with Crippen LogP contribution in [-0.4, -0.2) is 37.4 Å². The molecule has 0 fully saturated rings. The van der Waals surface area contributed by atoms with Gasteiger partial charge in [0.1, 0.15) is 13.5 Å². The molecule has 0 bridgehead atoms. The Morgan fingerprint density at radius 2 is 1.31 bits per heavy atom. The maximum Gasteiger partial charge on any atom is 0.168 e. The Kier molecular flexibility index (Phi) is 2.26. The van der Waals surface area contributed by atoms with Crippen molar-refractivity contribution in [2.45, 2.75) is 13.1 Å². The number of hydrogen-bond acceptors (Lipinski definition) is 4. The van der Waals surface area contributed by atoms with Crippen LogP contribution in [0.3, 0.4) is 0 Å². The monoisotopic (exact) mass is 220 g/mol. The Bertz CT molecular complexity index is 381. The Morgan fingerprint density at radius 1 is 0.875 bits per heavy atom. The van der Waals surface area contributed by atoms with Gasteiger partial charge in [0, 0.05) is 24.2 Å². The van der Waals surface area contributed by atoms with Crippen LogP contribution < -0.4 is 9.47 Å². The third-order valence-electron chi connectivity index (χ3n) is 3.01. The van der Waals surface area contributed by atoms with Crippen molar-refractivity contribution in [3.63, 3.8) is 0 Å². The van der Waals surface area contributed by atoms with Crippen LogP contribution in [0.2, 0.25) is 0 Å². The number of ether oxygens (including phenoxy) is 2. The highest BCUT2D eigenvalue weighted by Crippen LogP contribution is 2.39. The highest BCUT2D eigenvalue weighted by molar-refractivity contribution is 5.53. The lowest BCUT2D eigenvalue weighted by Crippen LogP contribution is -2.32. The largest absolute Gasteiger partial charge is 0.474 e. The van der Waals surface area contributed by atoms with E-state index in [1.165, 1.54) is 11.1 Å². The fourth-order valence-electron chi connectivity index (χ4n) is 2.23. The molecule has 0 radical (unpaired) electrons. The molecule has 1 aromatic rings. The molecular formula is C12H16N2O2. The third-order valence-corrected chi connectivity index (χ3v) is 3.01. The van der Waals surface area contributed by atoms with E-state index in [4.69, 9.17) is 9.47 Å². The summed E-state index contributed by atoms with van der Waals surface area (Å²) < 4.78 is 11.5. The molecule has 16 heavy (non-hydrogen) atoms. The molecule has 86 valence electrons. The number of nitrogens with zero attached hydrogens (tertiary/aromatic N) is 2. The van der Waals surface area contributed by atoms with Crippen LogP contribution in [0.15, 0.2) is 12.1 Å². The Balaban J connectivity index is 2.03. The van der Waals surface area contributed by atoms with Gasteiger partial charge in [0.2, 0.25) is 0 Å². The van der Waals surface area contributed by atoms with E-state index in [1.54, 1.807) is 0 Å². The average molecular weight is 220 g/mol. The lowest BCUT2D eigenvalue weighted by atomic mass is 10.1. The molecule has 2 aliphatic heterocycles. The Labute approximate surface area is 95.4 Å². The van der Waals surface area contributed by atoms with Crippen molar-refractivity contribution in [3.05, 3.63) is 23.3 Å². The summed E-state index contributed by atoms with van der Waals surface area (Å²) in [5.74, 6) is 1.90. The summed E-state index contributed by atoms with van der Waals surface area (Å²) in [5, 5.41) is 0. The first-order valence-corrected chi connectivity index (χ1v) is 5.51. The molecule has 4 nitrogen and oxygen atoms in total. The summed E-state index contributed by atoms with van der Waals surface area (Å²) in [7, 11) is 4.11. The van der Waals surface area contributed by atoms with E-state index in [9.17, 15) is 0 Å². The van der Waals surface area contributed by atoms with Crippen molar-refractivity contribution in [3.8, 4) is 11.5 Å². The van der Waals surface area contributed by atoms with Crippen LogP contribution in [0.25, 0.3) is 0 Å². The number of fused-ring (bicyclic) bond motifs is 3. The summed E-state index contributed by atoms with van der Waals surface area (Å²) in [4.78, 5) is 4.29. The molecule has 0 aliphatic carbocycles. The highest BCUT2D eigenvalue weighted by atomic mass is 16.5. The van der Waals surface area contributed by atoms with E-state index in [1.807, 2.05) is 0 Å². The van der Waals surface area contributed by atoms with Crippen molar-refractivity contribution in [1.29, 1.82) is 0 Å². The molecule has 1 aromatic carbocycles. The number of rotatable bonds is 0. The van der Waals surface area contributed by atoms with E-state index in [0.717, 1.165) is 24.6 Å². The summed E-state index contributed by atoms with van der Waals surface area (Å²) in [6.45, 7) is 3.15. The Hall–Kier alpha value is -1.26. The van der Waals surface area contributed by atoms with E-state index in [2.05, 4.69) is 36.0 Å². The van der Waals surface area contributed by atoms with E-state index >= 15 is 0 Å². The highest BCUT2D eigenvalue weighted by Gasteiger charge is 2.24. The summed E-state index contributed by atoms with van der Waals surface area (Å²) in [6.07, 6.45) is 0. The second-order valence-electron chi connectivity index (χ2n) is 4.62. The van der Waals surface area contributed by atoms with E-state index in [-0.39, 0.29) is 0 Å². The fourth-order valence-corrected chi connectivity index (χ4v) is 2.23. The van der Waals surface area contributed by atoms with Crippen LogP contribution in [0, 0.1) is 0 Å². The Morgan fingerprint density at radius 3 is 1.75 bits per heavy atom. The normalized spacial score (nSPS) is 20.6. The van der Waals surface area contributed by atoms with Gasteiger partial charge in [0.25, 0.3) is 0 Å². The van der Waals surface area contributed by atoms with Crippen molar-refractivity contribution in [2.24, 2.45) is 0 Å². The molecule has 0 N–H and O–H groups in total. The van der Waals surface area contributed by atoms with Crippen LogP contribution in [-0.2, 0) is 13.1 Å². The van der Waals surface area contributed by atoms with Gasteiger partial charge in [-0.3, -0.25) is 9.80 Å². The molecule has 2 heterocycles. The minimum Gasteiger partial charge on any atom is -0.474 e. The molecule has 0 amide bonds. The maximum atomic E-state index is 5.75. The molecular weight excluding hydrogens is 204 g/mol. The molecule has 0 saturated carbocycles. The predicted molar refractivity (Wildman–Crippen MR) is 60.4 cm³/mol. The first-order chi connectivity index (χ1) is 7.74. The SMILES string of the molecule is CN1COc2c(ccc3c2OCN(C)C3)C1. The van der Waals surface area contributed by atoms with Gasteiger partial charge in [0.05, 0.1) is 0 Å². The van der Waals surface area contributed by atoms with Gasteiger partial charge in [-0.05, 0) is 14.1 Å². The summed E-state index contributed by atoms with van der Waals surface area (Å²) in [6, 6.07) is 4.29.